The Labute approximate surface area is 92.6 Å². The Morgan fingerprint density at radius 3 is 3.00 bits per heavy atom. The van der Waals surface area contributed by atoms with Crippen molar-refractivity contribution in [2.24, 2.45) is 0 Å². The summed E-state index contributed by atoms with van der Waals surface area (Å²) in [6.07, 6.45) is 1.43. The van der Waals surface area contributed by atoms with Crippen LogP contribution in [0.2, 0.25) is 0 Å². The quantitative estimate of drug-likeness (QED) is 0.597. The summed E-state index contributed by atoms with van der Waals surface area (Å²) in [6, 6.07) is 9.79. The predicted octanol–water partition coefficient (Wildman–Crippen LogP) is 2.92. The third kappa shape index (κ3) is 3.80. The maximum Gasteiger partial charge on any atom is 0.119 e. The minimum absolute atomic E-state index is 0.440. The molecule has 0 saturated carbocycles. The highest BCUT2D eigenvalue weighted by Crippen LogP contribution is 2.13. The van der Waals surface area contributed by atoms with E-state index in [0.717, 1.165) is 23.1 Å². The highest BCUT2D eigenvalue weighted by Gasteiger charge is 1.95. The van der Waals surface area contributed by atoms with Crippen LogP contribution in [-0.4, -0.2) is 11.9 Å². The average Bonchev–Trinajstić information content (AvgIpc) is 2.19. The van der Waals surface area contributed by atoms with Crippen LogP contribution in [0.25, 0.3) is 0 Å². The first-order chi connectivity index (χ1) is 6.86. The van der Waals surface area contributed by atoms with Crippen LogP contribution in [0.3, 0.4) is 0 Å². The van der Waals surface area contributed by atoms with Gasteiger partial charge >= 0.3 is 0 Å². The van der Waals surface area contributed by atoms with E-state index >= 15 is 0 Å². The summed E-state index contributed by atoms with van der Waals surface area (Å²) in [4.78, 5) is 0. The molecule has 14 heavy (non-hydrogen) atoms. The van der Waals surface area contributed by atoms with Crippen LogP contribution in [0.4, 0.5) is 0 Å². The third-order valence-corrected chi connectivity index (χ3v) is 2.29. The van der Waals surface area contributed by atoms with Crippen molar-refractivity contribution >= 4 is 15.9 Å². The molecule has 0 N–H and O–H groups in total. The summed E-state index contributed by atoms with van der Waals surface area (Å²) in [5, 5.41) is 9.48. The van der Waals surface area contributed by atoms with Gasteiger partial charge in [-0.15, -0.1) is 0 Å². The number of alkyl halides is 1. The molecular weight excluding hydrogens is 242 g/mol. The molecule has 74 valence electrons. The highest BCUT2D eigenvalue weighted by atomic mass is 79.9. The number of nitriles is 1. The molecule has 0 heterocycles. The standard InChI is InChI=1S/C11H12BrNO/c12-6-2-8-14-11-4-1-3-10(9-11)5-7-13/h1,3-4,9H,2,5-6,8H2. The molecule has 0 saturated heterocycles. The van der Waals surface area contributed by atoms with E-state index < -0.39 is 0 Å². The molecule has 3 heteroatoms. The van der Waals surface area contributed by atoms with E-state index in [9.17, 15) is 0 Å². The second-order valence-corrected chi connectivity index (χ2v) is 3.67. The topological polar surface area (TPSA) is 33.0 Å². The molecule has 0 aliphatic rings. The molecule has 0 aliphatic heterocycles. The Balaban J connectivity index is 2.51. The van der Waals surface area contributed by atoms with Gasteiger partial charge in [0.25, 0.3) is 0 Å². The zero-order chi connectivity index (χ0) is 10.2. The molecule has 2 nitrogen and oxygen atoms in total. The average molecular weight is 254 g/mol. The fraction of sp³-hybridized carbons (Fsp3) is 0.364. The fourth-order valence-electron chi connectivity index (χ4n) is 1.08. The van der Waals surface area contributed by atoms with Crippen molar-refractivity contribution in [3.8, 4) is 11.8 Å². The molecule has 0 aromatic heterocycles. The lowest BCUT2D eigenvalue weighted by Gasteiger charge is -2.05. The smallest absolute Gasteiger partial charge is 0.119 e. The van der Waals surface area contributed by atoms with Crippen molar-refractivity contribution in [2.75, 3.05) is 11.9 Å². The van der Waals surface area contributed by atoms with E-state index in [1.54, 1.807) is 0 Å². The van der Waals surface area contributed by atoms with Crippen LogP contribution in [-0.2, 0) is 6.42 Å². The number of hydrogen-bond donors (Lipinski definition) is 0. The molecule has 1 rings (SSSR count). The fourth-order valence-corrected chi connectivity index (χ4v) is 1.31. The van der Waals surface area contributed by atoms with Crippen molar-refractivity contribution < 1.29 is 4.74 Å². The summed E-state index contributed by atoms with van der Waals surface area (Å²) in [7, 11) is 0. The van der Waals surface area contributed by atoms with E-state index in [2.05, 4.69) is 22.0 Å². The van der Waals surface area contributed by atoms with E-state index in [1.165, 1.54) is 0 Å². The van der Waals surface area contributed by atoms with E-state index in [4.69, 9.17) is 10.00 Å². The Morgan fingerprint density at radius 1 is 1.43 bits per heavy atom. The molecule has 0 unspecified atom stereocenters. The first-order valence-corrected chi connectivity index (χ1v) is 5.63. The van der Waals surface area contributed by atoms with Gasteiger partial charge in [-0.1, -0.05) is 28.1 Å². The normalized spacial score (nSPS) is 9.43. The van der Waals surface area contributed by atoms with Crippen LogP contribution >= 0.6 is 15.9 Å². The number of benzene rings is 1. The van der Waals surface area contributed by atoms with Crippen molar-refractivity contribution in [3.63, 3.8) is 0 Å². The first kappa shape index (κ1) is 11.1. The Hall–Kier alpha value is -1.01. The van der Waals surface area contributed by atoms with Crippen molar-refractivity contribution in [2.45, 2.75) is 12.8 Å². The van der Waals surface area contributed by atoms with Crippen molar-refractivity contribution in [1.82, 2.24) is 0 Å². The van der Waals surface area contributed by atoms with Gasteiger partial charge in [0.05, 0.1) is 19.1 Å². The van der Waals surface area contributed by atoms with E-state index in [1.807, 2.05) is 24.3 Å². The highest BCUT2D eigenvalue weighted by molar-refractivity contribution is 9.09. The monoisotopic (exact) mass is 253 g/mol. The van der Waals surface area contributed by atoms with Crippen LogP contribution in [0.5, 0.6) is 5.75 Å². The predicted molar refractivity (Wildman–Crippen MR) is 59.7 cm³/mol. The third-order valence-electron chi connectivity index (χ3n) is 1.73. The summed E-state index contributed by atoms with van der Waals surface area (Å²) >= 11 is 3.34. The zero-order valence-corrected chi connectivity index (χ0v) is 9.46. The second kappa shape index (κ2) is 6.44. The van der Waals surface area contributed by atoms with E-state index in [0.29, 0.717) is 13.0 Å². The van der Waals surface area contributed by atoms with Gasteiger partial charge in [-0.2, -0.15) is 5.26 Å². The molecule has 1 aromatic carbocycles. The van der Waals surface area contributed by atoms with Gasteiger partial charge in [0, 0.05) is 5.33 Å². The largest absolute Gasteiger partial charge is 0.494 e. The molecule has 0 fully saturated rings. The maximum absolute atomic E-state index is 8.53. The summed E-state index contributed by atoms with van der Waals surface area (Å²) in [5.41, 5.74) is 1.00. The summed E-state index contributed by atoms with van der Waals surface area (Å²) in [5.74, 6) is 0.846. The molecule has 0 atom stereocenters. The first-order valence-electron chi connectivity index (χ1n) is 4.51. The summed E-state index contributed by atoms with van der Waals surface area (Å²) in [6.45, 7) is 0.710. The lowest BCUT2D eigenvalue weighted by Crippen LogP contribution is -1.97. The Morgan fingerprint density at radius 2 is 2.29 bits per heavy atom. The molecule has 0 spiro atoms. The molecule has 0 aliphatic carbocycles. The number of halogens is 1. The van der Waals surface area contributed by atoms with Crippen LogP contribution in [0, 0.1) is 11.3 Å². The Bertz CT molecular complexity index is 319. The van der Waals surface area contributed by atoms with Gasteiger partial charge in [0.2, 0.25) is 0 Å². The summed E-state index contributed by atoms with van der Waals surface area (Å²) < 4.78 is 5.49. The lowest BCUT2D eigenvalue weighted by atomic mass is 10.1. The minimum atomic E-state index is 0.440. The number of rotatable bonds is 5. The van der Waals surface area contributed by atoms with Gasteiger partial charge in [0.1, 0.15) is 5.75 Å². The van der Waals surface area contributed by atoms with Crippen molar-refractivity contribution in [1.29, 1.82) is 5.26 Å². The molecule has 1 aromatic rings. The van der Waals surface area contributed by atoms with Gasteiger partial charge in [-0.05, 0) is 24.1 Å². The van der Waals surface area contributed by atoms with Gasteiger partial charge in [0.15, 0.2) is 0 Å². The maximum atomic E-state index is 8.53. The molecular formula is C11H12BrNO. The lowest BCUT2D eigenvalue weighted by molar-refractivity contribution is 0.319. The van der Waals surface area contributed by atoms with Crippen LogP contribution in [0.15, 0.2) is 24.3 Å². The number of nitrogens with zero attached hydrogens (tertiary/aromatic N) is 1. The SMILES string of the molecule is N#CCc1cccc(OCCCBr)c1. The molecule has 0 radical (unpaired) electrons. The Kier molecular flexibility index (Phi) is 5.09. The molecule has 0 amide bonds. The second-order valence-electron chi connectivity index (χ2n) is 2.87. The van der Waals surface area contributed by atoms with Gasteiger partial charge in [-0.25, -0.2) is 0 Å². The number of hydrogen-bond acceptors (Lipinski definition) is 2. The van der Waals surface area contributed by atoms with Crippen LogP contribution < -0.4 is 4.74 Å². The number of ether oxygens (including phenoxy) is 1. The van der Waals surface area contributed by atoms with Gasteiger partial charge < -0.3 is 4.74 Å². The van der Waals surface area contributed by atoms with Crippen LogP contribution in [0.1, 0.15) is 12.0 Å². The van der Waals surface area contributed by atoms with Crippen molar-refractivity contribution in [3.05, 3.63) is 29.8 Å². The van der Waals surface area contributed by atoms with Gasteiger partial charge in [-0.3, -0.25) is 0 Å². The molecule has 0 bridgehead atoms. The van der Waals surface area contributed by atoms with E-state index in [-0.39, 0.29) is 0 Å². The minimum Gasteiger partial charge on any atom is -0.494 e. The zero-order valence-electron chi connectivity index (χ0n) is 7.87.